The van der Waals surface area contributed by atoms with Gasteiger partial charge in [0, 0.05) is 25.6 Å². The minimum atomic E-state index is -0.332. The number of aliphatic hydroxyl groups is 1. The molecule has 1 saturated carbocycles. The lowest BCUT2D eigenvalue weighted by molar-refractivity contribution is -0.138. The predicted molar refractivity (Wildman–Crippen MR) is 62.2 cm³/mol. The van der Waals surface area contributed by atoms with Gasteiger partial charge in [0.2, 0.25) is 11.8 Å². The molecule has 1 aliphatic carbocycles. The van der Waals surface area contributed by atoms with E-state index in [0.29, 0.717) is 31.8 Å². The van der Waals surface area contributed by atoms with E-state index in [1.165, 1.54) is 6.42 Å². The van der Waals surface area contributed by atoms with Crippen LogP contribution in [0.1, 0.15) is 38.5 Å². The molecule has 1 aliphatic heterocycles. The number of nitrogens with one attached hydrogen (secondary N) is 1. The molecule has 0 aromatic carbocycles. The van der Waals surface area contributed by atoms with Gasteiger partial charge in [-0.15, -0.1) is 0 Å². The molecule has 1 saturated heterocycles. The van der Waals surface area contributed by atoms with Crippen LogP contribution in [0.2, 0.25) is 0 Å². The maximum atomic E-state index is 12.3. The summed E-state index contributed by atoms with van der Waals surface area (Å²) in [6.45, 7) is 0.708. The zero-order valence-electron chi connectivity index (χ0n) is 10.0. The molecule has 0 spiro atoms. The van der Waals surface area contributed by atoms with Crippen molar-refractivity contribution in [3.8, 4) is 0 Å². The first-order chi connectivity index (χ1) is 8.22. The fourth-order valence-electron chi connectivity index (χ4n) is 2.41. The van der Waals surface area contributed by atoms with Crippen LogP contribution in [0, 0.1) is 0 Å². The van der Waals surface area contributed by atoms with E-state index in [4.69, 9.17) is 5.11 Å². The van der Waals surface area contributed by atoms with E-state index in [1.807, 2.05) is 4.90 Å². The molecule has 2 N–H and O–H groups in total. The second-order valence-electron chi connectivity index (χ2n) is 4.85. The van der Waals surface area contributed by atoms with Gasteiger partial charge in [-0.1, -0.05) is 0 Å². The second kappa shape index (κ2) is 5.49. The van der Waals surface area contributed by atoms with Crippen molar-refractivity contribution in [2.45, 2.75) is 50.6 Å². The van der Waals surface area contributed by atoms with Crippen LogP contribution < -0.4 is 5.32 Å². The lowest BCUT2D eigenvalue weighted by Crippen LogP contribution is -2.51. The van der Waals surface area contributed by atoms with Crippen molar-refractivity contribution in [2.75, 3.05) is 13.2 Å². The summed E-state index contributed by atoms with van der Waals surface area (Å²) < 4.78 is 0. The van der Waals surface area contributed by atoms with Gasteiger partial charge in [-0.2, -0.15) is 0 Å². The van der Waals surface area contributed by atoms with Gasteiger partial charge in [0.05, 0.1) is 0 Å². The molecular formula is C12H20N2O3. The molecular weight excluding hydrogens is 220 g/mol. The Labute approximate surface area is 101 Å². The third-order valence-electron chi connectivity index (χ3n) is 3.65. The molecule has 5 heteroatoms. The van der Waals surface area contributed by atoms with Crippen LogP contribution in [0.3, 0.4) is 0 Å². The summed E-state index contributed by atoms with van der Waals surface area (Å²) in [5.74, 6) is 0.00747. The number of carbonyl (C=O) groups is 2. The van der Waals surface area contributed by atoms with Crippen LogP contribution in [-0.2, 0) is 9.59 Å². The van der Waals surface area contributed by atoms with E-state index >= 15 is 0 Å². The number of hydrogen-bond acceptors (Lipinski definition) is 3. The molecule has 0 aromatic rings. The van der Waals surface area contributed by atoms with Gasteiger partial charge in [0.1, 0.15) is 6.04 Å². The van der Waals surface area contributed by atoms with Crippen molar-refractivity contribution < 1.29 is 14.7 Å². The summed E-state index contributed by atoms with van der Waals surface area (Å²) in [6, 6.07) is -0.00616. The van der Waals surface area contributed by atoms with Gasteiger partial charge < -0.3 is 15.3 Å². The highest BCUT2D eigenvalue weighted by Crippen LogP contribution is 2.26. The standard InChI is InChI=1S/C12H20N2O3/c15-8-2-7-14(9-3-1-4-9)12(17)10-5-6-11(16)13-10/h9-10,15H,1-8H2,(H,13,16). The lowest BCUT2D eigenvalue weighted by Gasteiger charge is -2.38. The monoisotopic (exact) mass is 240 g/mol. The van der Waals surface area contributed by atoms with Crippen LogP contribution in [0.5, 0.6) is 0 Å². The fourth-order valence-corrected chi connectivity index (χ4v) is 2.41. The Morgan fingerprint density at radius 2 is 2.18 bits per heavy atom. The summed E-state index contributed by atoms with van der Waals surface area (Å²) in [4.78, 5) is 25.2. The van der Waals surface area contributed by atoms with Gasteiger partial charge in [-0.25, -0.2) is 0 Å². The van der Waals surface area contributed by atoms with Crippen molar-refractivity contribution in [3.63, 3.8) is 0 Å². The Hall–Kier alpha value is -1.10. The van der Waals surface area contributed by atoms with Crippen molar-refractivity contribution in [1.29, 1.82) is 0 Å². The van der Waals surface area contributed by atoms with Crippen LogP contribution in [-0.4, -0.2) is 47.1 Å². The summed E-state index contributed by atoms with van der Waals surface area (Å²) in [5, 5.41) is 11.6. The number of nitrogens with zero attached hydrogens (tertiary/aromatic N) is 1. The average Bonchev–Trinajstić information content (AvgIpc) is 2.67. The molecule has 96 valence electrons. The Morgan fingerprint density at radius 1 is 1.41 bits per heavy atom. The highest BCUT2D eigenvalue weighted by atomic mass is 16.3. The Morgan fingerprint density at radius 3 is 2.65 bits per heavy atom. The van der Waals surface area contributed by atoms with Gasteiger partial charge in [0.25, 0.3) is 0 Å². The van der Waals surface area contributed by atoms with E-state index in [9.17, 15) is 9.59 Å². The molecule has 0 radical (unpaired) electrons. The first-order valence-electron chi connectivity index (χ1n) is 6.43. The van der Waals surface area contributed by atoms with Crippen molar-refractivity contribution in [1.82, 2.24) is 10.2 Å². The largest absolute Gasteiger partial charge is 0.396 e. The predicted octanol–water partition coefficient (Wildman–Crippen LogP) is 0.0285. The summed E-state index contributed by atoms with van der Waals surface area (Å²) in [7, 11) is 0. The molecule has 1 unspecified atom stereocenters. The zero-order chi connectivity index (χ0) is 12.3. The SMILES string of the molecule is O=C1CCC(C(=O)N(CCCO)C2CCC2)N1. The number of rotatable bonds is 5. The third kappa shape index (κ3) is 2.77. The second-order valence-corrected chi connectivity index (χ2v) is 4.85. The minimum Gasteiger partial charge on any atom is -0.396 e. The normalized spacial score (nSPS) is 24.3. The fraction of sp³-hybridized carbons (Fsp3) is 0.833. The summed E-state index contributed by atoms with van der Waals surface area (Å²) in [5.41, 5.74) is 0. The topological polar surface area (TPSA) is 69.6 Å². The molecule has 17 heavy (non-hydrogen) atoms. The molecule has 2 amide bonds. The number of amides is 2. The first-order valence-corrected chi connectivity index (χ1v) is 6.43. The van der Waals surface area contributed by atoms with E-state index in [2.05, 4.69) is 5.32 Å². The zero-order valence-corrected chi connectivity index (χ0v) is 10.0. The Balaban J connectivity index is 1.93. The summed E-state index contributed by atoms with van der Waals surface area (Å²) >= 11 is 0. The lowest BCUT2D eigenvalue weighted by atomic mass is 9.90. The number of hydrogen-bond donors (Lipinski definition) is 2. The molecule has 5 nitrogen and oxygen atoms in total. The molecule has 1 atom stereocenters. The van der Waals surface area contributed by atoms with Gasteiger partial charge in [0.15, 0.2) is 0 Å². The molecule has 0 aromatic heterocycles. The van der Waals surface area contributed by atoms with Gasteiger partial charge in [-0.05, 0) is 32.1 Å². The quantitative estimate of drug-likeness (QED) is 0.712. The Kier molecular flexibility index (Phi) is 3.99. The van der Waals surface area contributed by atoms with Crippen molar-refractivity contribution in [2.24, 2.45) is 0 Å². The highest BCUT2D eigenvalue weighted by Gasteiger charge is 2.35. The van der Waals surface area contributed by atoms with E-state index in [-0.39, 0.29) is 24.5 Å². The van der Waals surface area contributed by atoms with Crippen LogP contribution in [0.15, 0.2) is 0 Å². The van der Waals surface area contributed by atoms with Crippen LogP contribution >= 0.6 is 0 Å². The third-order valence-corrected chi connectivity index (χ3v) is 3.65. The minimum absolute atomic E-state index is 0.0286. The van der Waals surface area contributed by atoms with E-state index in [0.717, 1.165) is 12.8 Å². The van der Waals surface area contributed by atoms with Crippen molar-refractivity contribution in [3.05, 3.63) is 0 Å². The molecule has 0 bridgehead atoms. The molecule has 2 fully saturated rings. The molecule has 2 rings (SSSR count). The molecule has 2 aliphatic rings. The molecule has 1 heterocycles. The average molecular weight is 240 g/mol. The highest BCUT2D eigenvalue weighted by molar-refractivity contribution is 5.91. The van der Waals surface area contributed by atoms with E-state index in [1.54, 1.807) is 0 Å². The van der Waals surface area contributed by atoms with Crippen LogP contribution in [0.25, 0.3) is 0 Å². The maximum absolute atomic E-state index is 12.3. The smallest absolute Gasteiger partial charge is 0.245 e. The van der Waals surface area contributed by atoms with E-state index < -0.39 is 0 Å². The maximum Gasteiger partial charge on any atom is 0.245 e. The van der Waals surface area contributed by atoms with Crippen molar-refractivity contribution >= 4 is 11.8 Å². The Bertz CT molecular complexity index is 302. The summed E-state index contributed by atoms with van der Waals surface area (Å²) in [6.07, 6.45) is 4.96. The van der Waals surface area contributed by atoms with Crippen LogP contribution in [0.4, 0.5) is 0 Å². The number of carbonyl (C=O) groups excluding carboxylic acids is 2. The van der Waals surface area contributed by atoms with Gasteiger partial charge in [-0.3, -0.25) is 9.59 Å². The first kappa shape index (κ1) is 12.4. The van der Waals surface area contributed by atoms with Gasteiger partial charge >= 0.3 is 0 Å². The number of aliphatic hydroxyl groups excluding tert-OH is 1.